The first kappa shape index (κ1) is 17.8. The smallest absolute Gasteiger partial charge is 0.124 e. The Kier molecular flexibility index (Phi) is 6.93. The second-order valence-electron chi connectivity index (χ2n) is 5.69. The van der Waals surface area contributed by atoms with Gasteiger partial charge in [-0.2, -0.15) is 0 Å². The first-order valence-electron chi connectivity index (χ1n) is 7.87. The summed E-state index contributed by atoms with van der Waals surface area (Å²) < 4.78 is 12.1. The van der Waals surface area contributed by atoms with Gasteiger partial charge in [-0.25, -0.2) is 0 Å². The molecule has 2 aromatic carbocycles. The lowest BCUT2D eigenvalue weighted by Crippen LogP contribution is -2.18. The summed E-state index contributed by atoms with van der Waals surface area (Å²) in [6.45, 7) is 5.80. The van der Waals surface area contributed by atoms with Crippen molar-refractivity contribution in [1.29, 1.82) is 0 Å². The minimum atomic E-state index is 0.175. The largest absolute Gasteiger partial charge is 0.497 e. The fourth-order valence-corrected chi connectivity index (χ4v) is 2.71. The average Bonchev–Trinajstić information content (AvgIpc) is 2.54. The Morgan fingerprint density at radius 2 is 1.83 bits per heavy atom. The zero-order valence-corrected chi connectivity index (χ0v) is 15.5. The standard InChI is InChI=1S/C19H24BrNO2/c1-14(2)23-19-9-6-17(20)12-16(19)13-21-11-10-15-4-7-18(22-3)8-5-15/h4-9,12,14,21H,10-11,13H2,1-3H3. The number of hydrogen-bond acceptors (Lipinski definition) is 3. The maximum atomic E-state index is 5.87. The molecule has 0 amide bonds. The number of nitrogens with one attached hydrogen (secondary N) is 1. The zero-order chi connectivity index (χ0) is 16.7. The highest BCUT2D eigenvalue weighted by molar-refractivity contribution is 9.10. The second kappa shape index (κ2) is 8.94. The van der Waals surface area contributed by atoms with Crippen molar-refractivity contribution in [3.63, 3.8) is 0 Å². The molecule has 0 atom stereocenters. The molecule has 0 saturated heterocycles. The molecular formula is C19H24BrNO2. The Morgan fingerprint density at radius 3 is 2.48 bits per heavy atom. The van der Waals surface area contributed by atoms with Crippen LogP contribution < -0.4 is 14.8 Å². The van der Waals surface area contributed by atoms with Crippen LogP contribution in [0, 0.1) is 0 Å². The van der Waals surface area contributed by atoms with Crippen LogP contribution in [-0.2, 0) is 13.0 Å². The minimum absolute atomic E-state index is 0.175. The number of halogens is 1. The molecular weight excluding hydrogens is 354 g/mol. The summed E-state index contributed by atoms with van der Waals surface area (Å²) in [5.74, 6) is 1.84. The van der Waals surface area contributed by atoms with Crippen LogP contribution in [0.5, 0.6) is 11.5 Å². The number of hydrogen-bond donors (Lipinski definition) is 1. The van der Waals surface area contributed by atoms with E-state index in [1.54, 1.807) is 7.11 Å². The monoisotopic (exact) mass is 377 g/mol. The van der Waals surface area contributed by atoms with E-state index in [2.05, 4.69) is 39.4 Å². The summed E-state index contributed by atoms with van der Waals surface area (Å²) in [4.78, 5) is 0. The van der Waals surface area contributed by atoms with Crippen LogP contribution >= 0.6 is 15.9 Å². The molecule has 0 bridgehead atoms. The molecule has 23 heavy (non-hydrogen) atoms. The predicted octanol–water partition coefficient (Wildman–Crippen LogP) is 4.58. The van der Waals surface area contributed by atoms with E-state index in [9.17, 15) is 0 Å². The van der Waals surface area contributed by atoms with Crippen molar-refractivity contribution in [2.75, 3.05) is 13.7 Å². The first-order chi connectivity index (χ1) is 11.1. The van der Waals surface area contributed by atoms with Crippen molar-refractivity contribution in [3.05, 3.63) is 58.1 Å². The van der Waals surface area contributed by atoms with Gasteiger partial charge in [0, 0.05) is 16.6 Å². The van der Waals surface area contributed by atoms with Crippen LogP contribution in [0.15, 0.2) is 46.9 Å². The summed E-state index contributed by atoms with van der Waals surface area (Å²) in [7, 11) is 1.69. The molecule has 2 aromatic rings. The topological polar surface area (TPSA) is 30.5 Å². The van der Waals surface area contributed by atoms with Gasteiger partial charge in [0.25, 0.3) is 0 Å². The van der Waals surface area contributed by atoms with Crippen LogP contribution in [0.25, 0.3) is 0 Å². The van der Waals surface area contributed by atoms with Crippen molar-refractivity contribution in [2.24, 2.45) is 0 Å². The van der Waals surface area contributed by atoms with Crippen LogP contribution in [0.1, 0.15) is 25.0 Å². The van der Waals surface area contributed by atoms with Gasteiger partial charge < -0.3 is 14.8 Å². The van der Waals surface area contributed by atoms with Crippen molar-refractivity contribution in [3.8, 4) is 11.5 Å². The van der Waals surface area contributed by atoms with Gasteiger partial charge >= 0.3 is 0 Å². The molecule has 4 heteroatoms. The Bertz CT molecular complexity index is 611. The molecule has 0 aliphatic carbocycles. The fraction of sp³-hybridized carbons (Fsp3) is 0.368. The Hall–Kier alpha value is -1.52. The maximum absolute atomic E-state index is 5.87. The molecule has 0 radical (unpaired) electrons. The lowest BCUT2D eigenvalue weighted by Gasteiger charge is -2.15. The normalized spacial score (nSPS) is 10.8. The molecule has 1 N–H and O–H groups in total. The molecule has 0 spiro atoms. The van der Waals surface area contributed by atoms with E-state index in [1.807, 2.05) is 38.1 Å². The van der Waals surface area contributed by atoms with Gasteiger partial charge in [-0.05, 0) is 62.7 Å². The molecule has 0 saturated carbocycles. The van der Waals surface area contributed by atoms with E-state index >= 15 is 0 Å². The highest BCUT2D eigenvalue weighted by Crippen LogP contribution is 2.24. The summed E-state index contributed by atoms with van der Waals surface area (Å²) >= 11 is 3.53. The highest BCUT2D eigenvalue weighted by atomic mass is 79.9. The highest BCUT2D eigenvalue weighted by Gasteiger charge is 2.06. The van der Waals surface area contributed by atoms with E-state index in [-0.39, 0.29) is 6.10 Å². The minimum Gasteiger partial charge on any atom is -0.497 e. The van der Waals surface area contributed by atoms with Gasteiger partial charge in [-0.3, -0.25) is 0 Å². The van der Waals surface area contributed by atoms with Gasteiger partial charge in [0.15, 0.2) is 0 Å². The third-order valence-corrected chi connectivity index (χ3v) is 3.94. The molecule has 0 aliphatic heterocycles. The summed E-state index contributed by atoms with van der Waals surface area (Å²) in [5.41, 5.74) is 2.47. The number of methoxy groups -OCH3 is 1. The summed E-state index contributed by atoms with van der Waals surface area (Å²) in [5, 5.41) is 3.49. The van der Waals surface area contributed by atoms with Crippen molar-refractivity contribution in [1.82, 2.24) is 5.32 Å². The molecule has 0 unspecified atom stereocenters. The molecule has 3 nitrogen and oxygen atoms in total. The molecule has 124 valence electrons. The maximum Gasteiger partial charge on any atom is 0.124 e. The van der Waals surface area contributed by atoms with Crippen molar-refractivity contribution in [2.45, 2.75) is 32.9 Å². The number of benzene rings is 2. The first-order valence-corrected chi connectivity index (χ1v) is 8.66. The van der Waals surface area contributed by atoms with Crippen LogP contribution in [0.2, 0.25) is 0 Å². The number of ether oxygens (including phenoxy) is 2. The van der Waals surface area contributed by atoms with Gasteiger partial charge in [-0.15, -0.1) is 0 Å². The SMILES string of the molecule is COc1ccc(CCNCc2cc(Br)ccc2OC(C)C)cc1. The zero-order valence-electron chi connectivity index (χ0n) is 13.9. The molecule has 0 heterocycles. The molecule has 0 aliphatic rings. The second-order valence-corrected chi connectivity index (χ2v) is 6.61. The Morgan fingerprint density at radius 1 is 1.09 bits per heavy atom. The molecule has 2 rings (SSSR count). The van der Waals surface area contributed by atoms with Crippen molar-refractivity contribution >= 4 is 15.9 Å². The third-order valence-electron chi connectivity index (χ3n) is 3.45. The lowest BCUT2D eigenvalue weighted by molar-refractivity contribution is 0.239. The Balaban J connectivity index is 1.86. The van der Waals surface area contributed by atoms with E-state index < -0.39 is 0 Å². The van der Waals surface area contributed by atoms with Gasteiger partial charge in [-0.1, -0.05) is 28.1 Å². The van der Waals surface area contributed by atoms with Crippen LogP contribution in [0.3, 0.4) is 0 Å². The van der Waals surface area contributed by atoms with E-state index in [0.717, 1.165) is 35.5 Å². The van der Waals surface area contributed by atoms with E-state index in [4.69, 9.17) is 9.47 Å². The lowest BCUT2D eigenvalue weighted by atomic mass is 10.1. The third kappa shape index (κ3) is 5.88. The fourth-order valence-electron chi connectivity index (χ4n) is 2.30. The average molecular weight is 378 g/mol. The summed E-state index contributed by atoms with van der Waals surface area (Å²) in [6.07, 6.45) is 1.16. The van der Waals surface area contributed by atoms with E-state index in [0.29, 0.717) is 0 Å². The number of rotatable bonds is 8. The van der Waals surface area contributed by atoms with E-state index in [1.165, 1.54) is 11.1 Å². The van der Waals surface area contributed by atoms with Crippen LogP contribution in [0.4, 0.5) is 0 Å². The van der Waals surface area contributed by atoms with Crippen LogP contribution in [-0.4, -0.2) is 19.8 Å². The predicted molar refractivity (Wildman–Crippen MR) is 98.3 cm³/mol. The van der Waals surface area contributed by atoms with Crippen molar-refractivity contribution < 1.29 is 9.47 Å². The Labute approximate surface area is 147 Å². The van der Waals surface area contributed by atoms with Gasteiger partial charge in [0.1, 0.15) is 11.5 Å². The van der Waals surface area contributed by atoms with Gasteiger partial charge in [0.05, 0.1) is 13.2 Å². The molecule has 0 fully saturated rings. The van der Waals surface area contributed by atoms with Gasteiger partial charge in [0.2, 0.25) is 0 Å². The summed E-state index contributed by atoms with van der Waals surface area (Å²) in [6, 6.07) is 14.3. The quantitative estimate of drug-likeness (QED) is 0.683. The molecule has 0 aromatic heterocycles.